The fourth-order valence-corrected chi connectivity index (χ4v) is 9.86. The third-order valence-electron chi connectivity index (χ3n) is 14.7. The van der Waals surface area contributed by atoms with Crippen LogP contribution < -0.4 is 5.32 Å². The molecule has 14 nitrogen and oxygen atoms in total. The van der Waals surface area contributed by atoms with Gasteiger partial charge in [-0.15, -0.1) is 0 Å². The van der Waals surface area contributed by atoms with Crippen molar-refractivity contribution in [3.8, 4) is 0 Å². The van der Waals surface area contributed by atoms with Crippen LogP contribution in [0.2, 0.25) is 0 Å². The quantitative estimate of drug-likeness (QED) is 0.0284. The Morgan fingerprint density at radius 3 is 1.28 bits per heavy atom. The highest BCUT2D eigenvalue weighted by Crippen LogP contribution is 2.20. The fourth-order valence-electron chi connectivity index (χ4n) is 9.86. The van der Waals surface area contributed by atoms with Crippen molar-refractivity contribution < 1.29 is 57.1 Å². The van der Waals surface area contributed by atoms with Gasteiger partial charge in [0.25, 0.3) is 0 Å². The predicted octanol–water partition coefficient (Wildman–Crippen LogP) is 16.0. The molecule has 0 saturated carbocycles. The molecule has 14 heteroatoms. The smallest absolute Gasteiger partial charge is 0.407 e. The molecule has 1 amide bonds. The van der Waals surface area contributed by atoms with Gasteiger partial charge in [0.15, 0.2) is 6.29 Å². The van der Waals surface area contributed by atoms with E-state index in [0.717, 1.165) is 110 Å². The van der Waals surface area contributed by atoms with Crippen LogP contribution in [0.4, 0.5) is 4.79 Å². The van der Waals surface area contributed by atoms with E-state index in [-0.39, 0.29) is 57.0 Å². The molecule has 1 aromatic rings. The average molecular weight is 1120 g/mol. The van der Waals surface area contributed by atoms with Crippen molar-refractivity contribution >= 4 is 30.0 Å². The van der Waals surface area contributed by atoms with Crippen molar-refractivity contribution in [3.05, 3.63) is 34.9 Å². The molecular weight excluding hydrogens is 1000 g/mol. The maximum Gasteiger partial charge on any atom is 0.407 e. The minimum atomic E-state index is -0.479. The largest absolute Gasteiger partial charge is 0.466 e. The Labute approximate surface area is 480 Å². The highest BCUT2D eigenvalue weighted by molar-refractivity contribution is 5.71. The molecule has 1 N–H and O–H groups in total. The number of nitrogens with one attached hydrogen (secondary N) is 1. The van der Waals surface area contributed by atoms with E-state index in [4.69, 9.17) is 33.2 Å². The number of carbonyl (C=O) groups excluding carboxylic acids is 5. The van der Waals surface area contributed by atoms with E-state index in [1.807, 2.05) is 18.2 Å². The van der Waals surface area contributed by atoms with Crippen LogP contribution in [0.1, 0.15) is 288 Å². The predicted molar refractivity (Wildman–Crippen MR) is 315 cm³/mol. The normalized spacial score (nSPS) is 12.9. The molecule has 0 radical (unpaired) electrons. The minimum absolute atomic E-state index is 0.00729. The molecule has 1 aromatic carbocycles. The first-order valence-corrected chi connectivity index (χ1v) is 32.3. The molecule has 1 aliphatic heterocycles. The molecule has 1 fully saturated rings. The number of alkyl carbamates (subject to hydrolysis) is 1. The van der Waals surface area contributed by atoms with Crippen molar-refractivity contribution in [1.29, 1.82) is 0 Å². The second-order valence-corrected chi connectivity index (χ2v) is 22.2. The lowest BCUT2D eigenvalue weighted by Crippen LogP contribution is -2.35. The summed E-state index contributed by atoms with van der Waals surface area (Å²) in [6, 6.07) is 5.52. The number of hydrogen-bond acceptors (Lipinski definition) is 13. The van der Waals surface area contributed by atoms with Gasteiger partial charge in [0.05, 0.1) is 13.0 Å². The summed E-state index contributed by atoms with van der Waals surface area (Å²) in [6.45, 7) is 13.9. The first-order valence-electron chi connectivity index (χ1n) is 32.3. The van der Waals surface area contributed by atoms with E-state index in [2.05, 4.69) is 37.9 Å². The Morgan fingerprint density at radius 1 is 0.430 bits per heavy atom. The second-order valence-electron chi connectivity index (χ2n) is 22.2. The van der Waals surface area contributed by atoms with Crippen molar-refractivity contribution in [2.75, 3.05) is 46.0 Å². The van der Waals surface area contributed by atoms with Gasteiger partial charge in [0, 0.05) is 52.0 Å². The van der Waals surface area contributed by atoms with Gasteiger partial charge in [-0.3, -0.25) is 19.2 Å². The fraction of sp³-hybridized carbons (Fsp3) is 0.831. The van der Waals surface area contributed by atoms with E-state index < -0.39 is 24.5 Å². The SMILES string of the molecule is CCCCCCCCCCOC(=O)CCCCCCCC(=O)OCc1cc(COC(=O)CCC(CCCCCC)OC(=O)NCCN2CCCC2)cc(COC(=O)CCC(OCCCCCCCC)OCCCCCCCC)c1. The highest BCUT2D eigenvalue weighted by Gasteiger charge is 2.19. The van der Waals surface area contributed by atoms with E-state index in [0.29, 0.717) is 75.2 Å². The Kier molecular flexibility index (Phi) is 46.2. The zero-order valence-corrected chi connectivity index (χ0v) is 50.7. The van der Waals surface area contributed by atoms with Crippen LogP contribution >= 0.6 is 0 Å². The zero-order valence-electron chi connectivity index (χ0n) is 50.7. The molecule has 456 valence electrons. The van der Waals surface area contributed by atoms with Gasteiger partial charge < -0.3 is 43.4 Å². The molecule has 1 aliphatic rings. The number of nitrogens with zero attached hydrogens (tertiary/aromatic N) is 1. The Balaban J connectivity index is 1.96. The third kappa shape index (κ3) is 42.7. The van der Waals surface area contributed by atoms with Crippen molar-refractivity contribution in [2.24, 2.45) is 0 Å². The van der Waals surface area contributed by atoms with Gasteiger partial charge in [0.2, 0.25) is 0 Å². The lowest BCUT2D eigenvalue weighted by atomic mass is 10.1. The molecule has 0 aliphatic carbocycles. The average Bonchev–Trinajstić information content (AvgIpc) is 3.97. The Morgan fingerprint density at radius 2 is 0.810 bits per heavy atom. The number of likely N-dealkylation sites (tertiary alicyclic amines) is 1. The Bertz CT molecular complexity index is 1650. The van der Waals surface area contributed by atoms with Gasteiger partial charge >= 0.3 is 30.0 Å². The molecule has 0 bridgehead atoms. The van der Waals surface area contributed by atoms with E-state index in [9.17, 15) is 24.0 Å². The summed E-state index contributed by atoms with van der Waals surface area (Å²) < 4.78 is 40.9. The van der Waals surface area contributed by atoms with Gasteiger partial charge in [-0.1, -0.05) is 175 Å². The number of rotatable bonds is 54. The number of hydrogen-bond donors (Lipinski definition) is 1. The number of amides is 1. The molecule has 2 rings (SSSR count). The molecule has 1 unspecified atom stereocenters. The maximum absolute atomic E-state index is 13.3. The lowest BCUT2D eigenvalue weighted by molar-refractivity contribution is -0.160. The molecule has 0 spiro atoms. The monoisotopic (exact) mass is 1110 g/mol. The lowest BCUT2D eigenvalue weighted by Gasteiger charge is -2.19. The first kappa shape index (κ1) is 71.4. The molecule has 79 heavy (non-hydrogen) atoms. The molecular formula is C65H114N2O12. The van der Waals surface area contributed by atoms with Crippen molar-refractivity contribution in [3.63, 3.8) is 0 Å². The standard InChI is InChI=1S/C65H114N2O12/c1-5-9-13-17-20-21-27-33-47-73-60(68)37-29-23-22-24-30-38-61(69)76-53-56-50-57(54-77-62(70)40-39-59(36-28-16-12-8-4)79-65(72)66-43-46-67-44-31-32-45-67)52-58(51-56)55-78-63(71)41-42-64(74-48-34-25-18-14-10-6-2)75-49-35-26-19-15-11-7-3/h50-52,59,64H,5-49,53-55H2,1-4H3,(H,66,72). The summed E-state index contributed by atoms with van der Waals surface area (Å²) in [5.41, 5.74) is 2.03. The Hall–Kier alpha value is -3.75. The summed E-state index contributed by atoms with van der Waals surface area (Å²) in [7, 11) is 0. The van der Waals surface area contributed by atoms with E-state index in [1.54, 1.807) is 0 Å². The molecule has 1 heterocycles. The summed E-state index contributed by atoms with van der Waals surface area (Å²) in [4.78, 5) is 66.8. The summed E-state index contributed by atoms with van der Waals surface area (Å²) >= 11 is 0. The number of benzene rings is 1. The van der Waals surface area contributed by atoms with Gasteiger partial charge in [0.1, 0.15) is 25.9 Å². The van der Waals surface area contributed by atoms with Crippen LogP contribution in [0.25, 0.3) is 0 Å². The second kappa shape index (κ2) is 51.2. The van der Waals surface area contributed by atoms with Crippen LogP contribution in [0, 0.1) is 0 Å². The van der Waals surface area contributed by atoms with Crippen LogP contribution in [-0.4, -0.2) is 93.3 Å². The first-order chi connectivity index (χ1) is 38.6. The van der Waals surface area contributed by atoms with E-state index >= 15 is 0 Å². The number of ether oxygens (including phenoxy) is 7. The van der Waals surface area contributed by atoms with Crippen LogP contribution in [0.15, 0.2) is 18.2 Å². The van der Waals surface area contributed by atoms with Gasteiger partial charge in [-0.2, -0.15) is 0 Å². The summed E-state index contributed by atoms with van der Waals surface area (Å²) in [5.74, 6) is -1.22. The molecule has 1 saturated heterocycles. The van der Waals surface area contributed by atoms with Crippen LogP contribution in [-0.2, 0) is 72.2 Å². The molecule has 1 atom stereocenters. The van der Waals surface area contributed by atoms with Crippen molar-refractivity contribution in [2.45, 2.75) is 304 Å². The maximum atomic E-state index is 13.3. The highest BCUT2D eigenvalue weighted by atomic mass is 16.7. The number of esters is 4. The topological polar surface area (TPSA) is 165 Å². The van der Waals surface area contributed by atoms with E-state index in [1.165, 1.54) is 103 Å². The van der Waals surface area contributed by atoms with Gasteiger partial charge in [-0.05, 0) is 112 Å². The van der Waals surface area contributed by atoms with Crippen molar-refractivity contribution in [1.82, 2.24) is 10.2 Å². The number of carbonyl (C=O) groups is 5. The summed E-state index contributed by atoms with van der Waals surface area (Å²) in [5, 5.41) is 2.89. The van der Waals surface area contributed by atoms with Gasteiger partial charge in [-0.25, -0.2) is 4.79 Å². The van der Waals surface area contributed by atoms with Crippen LogP contribution in [0.5, 0.6) is 0 Å². The third-order valence-corrected chi connectivity index (χ3v) is 14.7. The van der Waals surface area contributed by atoms with Crippen LogP contribution in [0.3, 0.4) is 0 Å². The minimum Gasteiger partial charge on any atom is -0.466 e. The summed E-state index contributed by atoms with van der Waals surface area (Å²) in [6.07, 6.45) is 35.2. The zero-order chi connectivity index (χ0) is 57.1. The number of unbranched alkanes of at least 4 members (excludes halogenated alkanes) is 24. The molecule has 0 aromatic heterocycles.